The lowest BCUT2D eigenvalue weighted by molar-refractivity contribution is 0.457. The summed E-state index contributed by atoms with van der Waals surface area (Å²) in [5.41, 5.74) is 8.97. The topological polar surface area (TPSA) is 3.24 Å². The Hall–Kier alpha value is -2.06. The van der Waals surface area contributed by atoms with Gasteiger partial charge in [0.25, 0.3) is 0 Å². The fourth-order valence-corrected chi connectivity index (χ4v) is 5.52. The number of hydrogen-bond donors (Lipinski definition) is 0. The van der Waals surface area contributed by atoms with E-state index in [1.54, 1.807) is 0 Å². The molecule has 0 radical (unpaired) electrons. The Labute approximate surface area is 177 Å². The number of rotatable bonds is 2. The standard InChI is InChI=1S/C27H37N2/c1-18(2)22-10-8-12-24-20(5)16-21(6)25-13-9-11-23(19(3)4)27(25)29(7)15-14-28(17-29)26(22)24/h8-15,18-21H,16-17H2,1-7H3/q+1. The lowest BCUT2D eigenvalue weighted by Gasteiger charge is -2.37. The molecule has 2 nitrogen and oxygen atoms in total. The second kappa shape index (κ2) is 7.32. The zero-order valence-corrected chi connectivity index (χ0v) is 19.2. The average Bonchev–Trinajstić information content (AvgIpc) is 3.08. The highest BCUT2D eigenvalue weighted by molar-refractivity contribution is 5.69. The lowest BCUT2D eigenvalue weighted by atomic mass is 9.82. The van der Waals surface area contributed by atoms with Crippen molar-refractivity contribution in [1.82, 2.24) is 4.48 Å². The SMILES string of the molecule is CC(C)c1cccc2c1N1C=C[N+](C)(C1)c1c(C(C)C)cccc1C(C)CC2C. The van der Waals surface area contributed by atoms with Crippen molar-refractivity contribution in [2.45, 2.75) is 71.6 Å². The molecule has 0 saturated heterocycles. The molecule has 0 N–H and O–H groups in total. The number of nitrogens with zero attached hydrogens (tertiary/aromatic N) is 2. The third kappa shape index (κ3) is 3.32. The van der Waals surface area contributed by atoms with Crippen LogP contribution >= 0.6 is 0 Å². The van der Waals surface area contributed by atoms with Crippen molar-refractivity contribution in [2.24, 2.45) is 0 Å². The van der Waals surface area contributed by atoms with E-state index in [-0.39, 0.29) is 0 Å². The predicted molar refractivity (Wildman–Crippen MR) is 127 cm³/mol. The van der Waals surface area contributed by atoms with Crippen LogP contribution in [0.15, 0.2) is 48.8 Å². The average molecular weight is 390 g/mol. The van der Waals surface area contributed by atoms with Gasteiger partial charge < -0.3 is 0 Å². The molecule has 2 aromatic rings. The van der Waals surface area contributed by atoms with Crippen molar-refractivity contribution < 1.29 is 0 Å². The molecule has 0 fully saturated rings. The summed E-state index contributed by atoms with van der Waals surface area (Å²) in [7, 11) is 2.39. The second-order valence-corrected chi connectivity index (χ2v) is 10.1. The summed E-state index contributed by atoms with van der Waals surface area (Å²) < 4.78 is 0.855. The number of para-hydroxylation sites is 2. The smallest absolute Gasteiger partial charge is 0.167 e. The highest BCUT2D eigenvalue weighted by Crippen LogP contribution is 2.47. The van der Waals surface area contributed by atoms with Crippen LogP contribution in [-0.2, 0) is 0 Å². The molecule has 0 spiro atoms. The summed E-state index contributed by atoms with van der Waals surface area (Å²) in [5.74, 6) is 2.10. The summed E-state index contributed by atoms with van der Waals surface area (Å²) in [4.78, 5) is 2.53. The maximum Gasteiger partial charge on any atom is 0.167 e. The molecular weight excluding hydrogens is 352 g/mol. The molecule has 154 valence electrons. The van der Waals surface area contributed by atoms with Crippen LogP contribution in [0.3, 0.4) is 0 Å². The number of hydrogen-bond acceptors (Lipinski definition) is 1. The Bertz CT molecular complexity index is 940. The molecule has 0 amide bonds. The summed E-state index contributed by atoms with van der Waals surface area (Å²) in [6.07, 6.45) is 5.93. The zero-order valence-electron chi connectivity index (χ0n) is 19.2. The van der Waals surface area contributed by atoms with Crippen molar-refractivity contribution in [2.75, 3.05) is 18.6 Å². The molecule has 0 aliphatic carbocycles. The van der Waals surface area contributed by atoms with E-state index in [1.165, 1.54) is 40.0 Å². The first-order valence-corrected chi connectivity index (χ1v) is 11.3. The van der Waals surface area contributed by atoms with Gasteiger partial charge in [-0.15, -0.1) is 0 Å². The van der Waals surface area contributed by atoms with E-state index in [0.29, 0.717) is 23.7 Å². The third-order valence-corrected chi connectivity index (χ3v) is 7.03. The summed E-state index contributed by atoms with van der Waals surface area (Å²) >= 11 is 0. The van der Waals surface area contributed by atoms with Crippen LogP contribution in [0.1, 0.15) is 93.9 Å². The Kier molecular flexibility index (Phi) is 5.11. The van der Waals surface area contributed by atoms with Crippen molar-refractivity contribution in [1.29, 1.82) is 0 Å². The van der Waals surface area contributed by atoms with Gasteiger partial charge >= 0.3 is 0 Å². The molecule has 0 aromatic heterocycles. The molecule has 0 saturated carbocycles. The van der Waals surface area contributed by atoms with Gasteiger partial charge in [-0.1, -0.05) is 77.9 Å². The van der Waals surface area contributed by atoms with Crippen LogP contribution in [0, 0.1) is 0 Å². The van der Waals surface area contributed by atoms with E-state index in [1.807, 2.05) is 0 Å². The van der Waals surface area contributed by atoms with E-state index < -0.39 is 0 Å². The van der Waals surface area contributed by atoms with E-state index in [4.69, 9.17) is 0 Å². The molecule has 3 atom stereocenters. The van der Waals surface area contributed by atoms with Crippen LogP contribution in [0.2, 0.25) is 0 Å². The van der Waals surface area contributed by atoms with E-state index in [9.17, 15) is 0 Å². The molecule has 2 aromatic carbocycles. The summed E-state index contributed by atoms with van der Waals surface area (Å²) in [5, 5.41) is 0. The van der Waals surface area contributed by atoms with E-state index >= 15 is 0 Å². The lowest BCUT2D eigenvalue weighted by Crippen LogP contribution is -2.44. The van der Waals surface area contributed by atoms with Gasteiger partial charge in [-0.05, 0) is 41.2 Å². The number of anilines is 1. The largest absolute Gasteiger partial charge is 0.294 e. The Morgan fingerprint density at radius 1 is 0.862 bits per heavy atom. The van der Waals surface area contributed by atoms with E-state index in [2.05, 4.69) is 102 Å². The van der Waals surface area contributed by atoms with Gasteiger partial charge in [0.15, 0.2) is 6.67 Å². The minimum Gasteiger partial charge on any atom is -0.294 e. The van der Waals surface area contributed by atoms with Crippen molar-refractivity contribution >= 4 is 11.4 Å². The van der Waals surface area contributed by atoms with Crippen molar-refractivity contribution in [3.05, 3.63) is 71.1 Å². The van der Waals surface area contributed by atoms with Gasteiger partial charge in [0.1, 0.15) is 11.9 Å². The normalized spacial score (nSPS) is 26.0. The number of benzene rings is 2. The first-order chi connectivity index (χ1) is 13.7. The van der Waals surface area contributed by atoms with E-state index in [0.717, 1.165) is 11.2 Å². The molecule has 2 heteroatoms. The van der Waals surface area contributed by atoms with Gasteiger partial charge in [-0.2, -0.15) is 0 Å². The molecule has 2 heterocycles. The Balaban J connectivity index is 1.96. The zero-order chi connectivity index (χ0) is 20.9. The third-order valence-electron chi connectivity index (χ3n) is 7.03. The fourth-order valence-electron chi connectivity index (χ4n) is 5.52. The van der Waals surface area contributed by atoms with Crippen LogP contribution < -0.4 is 9.38 Å². The molecule has 4 rings (SSSR count). The second-order valence-electron chi connectivity index (χ2n) is 10.1. The maximum atomic E-state index is 2.53. The monoisotopic (exact) mass is 389 g/mol. The number of fused-ring (bicyclic) bond motifs is 6. The molecule has 2 bridgehead atoms. The molecule has 2 aliphatic rings. The Morgan fingerprint density at radius 2 is 1.45 bits per heavy atom. The predicted octanol–water partition coefficient (Wildman–Crippen LogP) is 7.43. The fraction of sp³-hybridized carbons (Fsp3) is 0.481. The summed E-state index contributed by atoms with van der Waals surface area (Å²) in [6.45, 7) is 15.1. The molecule has 29 heavy (non-hydrogen) atoms. The van der Waals surface area contributed by atoms with Crippen molar-refractivity contribution in [3.8, 4) is 0 Å². The van der Waals surface area contributed by atoms with Gasteiger partial charge in [-0.25, -0.2) is 4.48 Å². The highest BCUT2D eigenvalue weighted by Gasteiger charge is 2.39. The van der Waals surface area contributed by atoms with Gasteiger partial charge in [-0.3, -0.25) is 4.90 Å². The highest BCUT2D eigenvalue weighted by atomic mass is 15.5. The van der Waals surface area contributed by atoms with Crippen LogP contribution in [0.5, 0.6) is 0 Å². The first kappa shape index (κ1) is 20.2. The minimum atomic E-state index is 0.517. The Morgan fingerprint density at radius 3 is 2.10 bits per heavy atom. The van der Waals surface area contributed by atoms with Gasteiger partial charge in [0, 0.05) is 11.1 Å². The van der Waals surface area contributed by atoms with Crippen LogP contribution in [0.25, 0.3) is 0 Å². The van der Waals surface area contributed by atoms with Crippen LogP contribution in [0.4, 0.5) is 11.4 Å². The molecular formula is C27H37N2+. The van der Waals surface area contributed by atoms with Gasteiger partial charge in [0.05, 0.1) is 18.9 Å². The maximum absolute atomic E-state index is 2.53. The van der Waals surface area contributed by atoms with Gasteiger partial charge in [0.2, 0.25) is 0 Å². The van der Waals surface area contributed by atoms with Crippen LogP contribution in [-0.4, -0.2) is 13.7 Å². The quantitative estimate of drug-likeness (QED) is 0.483. The van der Waals surface area contributed by atoms with Crippen molar-refractivity contribution in [3.63, 3.8) is 0 Å². The molecule has 2 aliphatic heterocycles. The first-order valence-electron chi connectivity index (χ1n) is 11.3. The minimum absolute atomic E-state index is 0.517. The number of quaternary nitrogens is 1. The molecule has 3 unspecified atom stereocenters. The summed E-state index contributed by atoms with van der Waals surface area (Å²) in [6, 6.07) is 14.0.